The molecule has 0 amide bonds. The molecule has 0 bridgehead atoms. The highest BCUT2D eigenvalue weighted by Gasteiger charge is 2.18. The molecule has 1 fully saturated rings. The van der Waals surface area contributed by atoms with Gasteiger partial charge < -0.3 is 14.6 Å². The average Bonchev–Trinajstić information content (AvgIpc) is 3.24. The van der Waals surface area contributed by atoms with E-state index in [2.05, 4.69) is 88.1 Å². The minimum Gasteiger partial charge on any atom is -0.494 e. The number of H-pyrrole nitrogens is 1. The summed E-state index contributed by atoms with van der Waals surface area (Å²) in [6, 6.07) is 17.5. The normalized spacial score (nSPS) is 15.6. The maximum atomic E-state index is 5.96. The molecule has 2 N–H and O–H groups in total. The van der Waals surface area contributed by atoms with E-state index in [0.717, 1.165) is 38.3 Å². The number of piperazine rings is 1. The van der Waals surface area contributed by atoms with Crippen LogP contribution in [0.1, 0.15) is 25.8 Å². The third-order valence-corrected chi connectivity index (χ3v) is 7.07. The number of para-hydroxylation sites is 1. The first-order valence-corrected chi connectivity index (χ1v) is 12.6. The highest BCUT2D eigenvalue weighted by molar-refractivity contribution is 7.97. The lowest BCUT2D eigenvalue weighted by atomic mass is 10.1. The molecule has 3 aromatic rings. The molecule has 1 saturated heterocycles. The van der Waals surface area contributed by atoms with Crippen LogP contribution in [0, 0.1) is 0 Å². The van der Waals surface area contributed by atoms with Crippen LogP contribution in [0.25, 0.3) is 10.9 Å². The Balaban J connectivity index is 1.10. The van der Waals surface area contributed by atoms with Crippen molar-refractivity contribution in [2.24, 2.45) is 0 Å². The number of fused-ring (bicyclic) bond motifs is 1. The van der Waals surface area contributed by atoms with Gasteiger partial charge in [-0.1, -0.05) is 18.2 Å². The SMILES string of the molecule is CC(C)N1CCN(CCCOc2ccc(SNCCc3c[nH]c4ccccc34)cc2)CC1. The smallest absolute Gasteiger partial charge is 0.119 e. The Morgan fingerprint density at radius 2 is 1.81 bits per heavy atom. The van der Waals surface area contributed by atoms with Crippen molar-refractivity contribution in [3.05, 3.63) is 60.3 Å². The second-order valence-corrected chi connectivity index (χ2v) is 9.71. The van der Waals surface area contributed by atoms with Gasteiger partial charge in [-0.25, -0.2) is 0 Å². The quantitative estimate of drug-likeness (QED) is 0.323. The lowest BCUT2D eigenvalue weighted by Crippen LogP contribution is -2.49. The molecule has 5 nitrogen and oxygen atoms in total. The first kappa shape index (κ1) is 23.2. The third-order valence-electron chi connectivity index (χ3n) is 6.21. The second kappa shape index (κ2) is 11.8. The molecule has 2 heterocycles. The highest BCUT2D eigenvalue weighted by Crippen LogP contribution is 2.21. The van der Waals surface area contributed by atoms with Crippen LogP contribution in [0.15, 0.2) is 59.6 Å². The van der Waals surface area contributed by atoms with Crippen LogP contribution in [-0.2, 0) is 6.42 Å². The van der Waals surface area contributed by atoms with Crippen molar-refractivity contribution in [1.29, 1.82) is 0 Å². The van der Waals surface area contributed by atoms with Crippen molar-refractivity contribution in [2.75, 3.05) is 45.9 Å². The standard InChI is InChI=1S/C26H36N4OS/c1-21(2)30-17-15-29(16-18-30)14-5-19-31-23-8-10-24(11-9-23)32-28-13-12-22-20-27-26-7-4-3-6-25(22)26/h3-4,6-11,20-21,27-28H,5,12-19H2,1-2H3. The van der Waals surface area contributed by atoms with E-state index in [1.807, 2.05) is 0 Å². The van der Waals surface area contributed by atoms with Gasteiger partial charge in [-0.3, -0.25) is 9.62 Å². The fourth-order valence-electron chi connectivity index (χ4n) is 4.24. The predicted octanol–water partition coefficient (Wildman–Crippen LogP) is 4.80. The van der Waals surface area contributed by atoms with E-state index in [9.17, 15) is 0 Å². The number of aromatic amines is 1. The highest BCUT2D eigenvalue weighted by atomic mass is 32.2. The Morgan fingerprint density at radius 1 is 1.03 bits per heavy atom. The Labute approximate surface area is 196 Å². The van der Waals surface area contributed by atoms with Crippen molar-refractivity contribution in [1.82, 2.24) is 19.5 Å². The van der Waals surface area contributed by atoms with Crippen molar-refractivity contribution in [3.8, 4) is 5.75 Å². The van der Waals surface area contributed by atoms with E-state index in [0.29, 0.717) is 6.04 Å². The fourth-order valence-corrected chi connectivity index (χ4v) is 4.89. The van der Waals surface area contributed by atoms with Gasteiger partial charge in [-0.05, 0) is 74.5 Å². The minimum atomic E-state index is 0.663. The van der Waals surface area contributed by atoms with Gasteiger partial charge in [0.25, 0.3) is 0 Å². The third kappa shape index (κ3) is 6.51. The summed E-state index contributed by atoms with van der Waals surface area (Å²) in [7, 11) is 0. The van der Waals surface area contributed by atoms with Gasteiger partial charge in [0.1, 0.15) is 5.75 Å². The lowest BCUT2D eigenvalue weighted by Gasteiger charge is -2.36. The molecule has 1 aromatic heterocycles. The molecular weight excluding hydrogens is 416 g/mol. The summed E-state index contributed by atoms with van der Waals surface area (Å²) in [5.74, 6) is 0.956. The van der Waals surface area contributed by atoms with E-state index in [1.54, 1.807) is 11.9 Å². The summed E-state index contributed by atoms with van der Waals surface area (Å²) in [5.41, 5.74) is 2.57. The number of ether oxygens (including phenoxy) is 1. The molecule has 0 saturated carbocycles. The molecule has 0 spiro atoms. The number of hydrogen-bond donors (Lipinski definition) is 2. The van der Waals surface area contributed by atoms with E-state index < -0.39 is 0 Å². The minimum absolute atomic E-state index is 0.663. The molecule has 0 unspecified atom stereocenters. The summed E-state index contributed by atoms with van der Waals surface area (Å²) in [6.07, 6.45) is 4.20. The topological polar surface area (TPSA) is 43.5 Å². The summed E-state index contributed by atoms with van der Waals surface area (Å²) >= 11 is 1.68. The Hall–Kier alpha value is -1.99. The zero-order valence-electron chi connectivity index (χ0n) is 19.3. The molecule has 0 aliphatic carbocycles. The van der Waals surface area contributed by atoms with Crippen LogP contribution in [-0.4, -0.2) is 66.7 Å². The van der Waals surface area contributed by atoms with Gasteiger partial charge in [0, 0.05) is 67.3 Å². The number of nitrogens with zero attached hydrogens (tertiary/aromatic N) is 2. The molecule has 4 rings (SSSR count). The van der Waals surface area contributed by atoms with Crippen molar-refractivity contribution in [3.63, 3.8) is 0 Å². The van der Waals surface area contributed by atoms with Gasteiger partial charge in [0.15, 0.2) is 0 Å². The van der Waals surface area contributed by atoms with E-state index in [-0.39, 0.29) is 0 Å². The van der Waals surface area contributed by atoms with Gasteiger partial charge in [0.2, 0.25) is 0 Å². The first-order valence-electron chi connectivity index (χ1n) is 11.8. The molecule has 2 aromatic carbocycles. The molecule has 6 heteroatoms. The largest absolute Gasteiger partial charge is 0.494 e. The molecule has 0 radical (unpaired) electrons. The van der Waals surface area contributed by atoms with Crippen molar-refractivity contribution in [2.45, 2.75) is 37.6 Å². The average molecular weight is 453 g/mol. The molecular formula is C26H36N4OS. The Kier molecular flexibility index (Phi) is 8.51. The Morgan fingerprint density at radius 3 is 2.59 bits per heavy atom. The van der Waals surface area contributed by atoms with Crippen LogP contribution < -0.4 is 9.46 Å². The first-order chi connectivity index (χ1) is 15.7. The summed E-state index contributed by atoms with van der Waals surface area (Å²) in [4.78, 5) is 9.67. The predicted molar refractivity (Wildman–Crippen MR) is 136 cm³/mol. The fraction of sp³-hybridized carbons (Fsp3) is 0.462. The number of nitrogens with one attached hydrogen (secondary N) is 2. The molecule has 1 aliphatic heterocycles. The molecule has 172 valence electrons. The number of aromatic nitrogens is 1. The maximum Gasteiger partial charge on any atom is 0.119 e. The molecule has 32 heavy (non-hydrogen) atoms. The molecule has 0 atom stereocenters. The summed E-state index contributed by atoms with van der Waals surface area (Å²) < 4.78 is 9.43. The zero-order chi connectivity index (χ0) is 22.2. The van der Waals surface area contributed by atoms with E-state index >= 15 is 0 Å². The molecule has 1 aliphatic rings. The Bertz CT molecular complexity index is 948. The number of hydrogen-bond acceptors (Lipinski definition) is 5. The zero-order valence-corrected chi connectivity index (χ0v) is 20.2. The van der Waals surface area contributed by atoms with Gasteiger partial charge in [-0.15, -0.1) is 0 Å². The summed E-state index contributed by atoms with van der Waals surface area (Å²) in [5, 5.41) is 1.32. The van der Waals surface area contributed by atoms with E-state index in [1.165, 1.54) is 47.5 Å². The monoisotopic (exact) mass is 452 g/mol. The van der Waals surface area contributed by atoms with Crippen LogP contribution in [0.5, 0.6) is 5.75 Å². The maximum absolute atomic E-state index is 5.96. The van der Waals surface area contributed by atoms with Crippen molar-refractivity contribution >= 4 is 22.9 Å². The second-order valence-electron chi connectivity index (χ2n) is 8.75. The van der Waals surface area contributed by atoms with Gasteiger partial charge >= 0.3 is 0 Å². The van der Waals surface area contributed by atoms with Gasteiger partial charge in [-0.2, -0.15) is 0 Å². The van der Waals surface area contributed by atoms with Crippen LogP contribution in [0.3, 0.4) is 0 Å². The lowest BCUT2D eigenvalue weighted by molar-refractivity contribution is 0.104. The van der Waals surface area contributed by atoms with E-state index in [4.69, 9.17) is 4.74 Å². The van der Waals surface area contributed by atoms with Crippen molar-refractivity contribution < 1.29 is 4.74 Å². The van der Waals surface area contributed by atoms with Crippen LogP contribution in [0.2, 0.25) is 0 Å². The number of rotatable bonds is 11. The van der Waals surface area contributed by atoms with Gasteiger partial charge in [0.05, 0.1) is 6.61 Å². The number of benzene rings is 2. The van der Waals surface area contributed by atoms with Crippen LogP contribution >= 0.6 is 11.9 Å². The van der Waals surface area contributed by atoms with Crippen LogP contribution in [0.4, 0.5) is 0 Å². The summed E-state index contributed by atoms with van der Waals surface area (Å²) in [6.45, 7) is 12.1.